The van der Waals surface area contributed by atoms with Gasteiger partial charge in [0.05, 0.1) is 6.54 Å². The molecule has 1 N–H and O–H groups in total. The van der Waals surface area contributed by atoms with Crippen molar-refractivity contribution < 1.29 is 0 Å². The van der Waals surface area contributed by atoms with Gasteiger partial charge in [0.25, 0.3) is 0 Å². The van der Waals surface area contributed by atoms with Crippen LogP contribution in [0.3, 0.4) is 0 Å². The fourth-order valence-corrected chi connectivity index (χ4v) is 3.02. The minimum Gasteiger partial charge on any atom is -0.362 e. The monoisotopic (exact) mass is 198 g/mol. The smallest absolute Gasteiger partial charge is 0.156 e. The highest BCUT2D eigenvalue weighted by molar-refractivity contribution is 8.14. The van der Waals surface area contributed by atoms with Crippen molar-refractivity contribution in [2.75, 3.05) is 12.3 Å². The molecule has 2 rings (SSSR count). The molecule has 1 heterocycles. The number of nitrogens with one attached hydrogen (secondary N) is 1. The maximum Gasteiger partial charge on any atom is 0.156 e. The van der Waals surface area contributed by atoms with Crippen LogP contribution < -0.4 is 5.32 Å². The van der Waals surface area contributed by atoms with Crippen LogP contribution in [0.15, 0.2) is 4.99 Å². The Labute approximate surface area is 84.6 Å². The van der Waals surface area contributed by atoms with Gasteiger partial charge in [-0.25, -0.2) is 0 Å². The molecular formula is C10H18N2S. The lowest BCUT2D eigenvalue weighted by molar-refractivity contribution is 0.428. The van der Waals surface area contributed by atoms with E-state index in [4.69, 9.17) is 0 Å². The molecule has 0 amide bonds. The lowest BCUT2D eigenvalue weighted by Crippen LogP contribution is -2.35. The molecule has 1 aliphatic heterocycles. The van der Waals surface area contributed by atoms with Gasteiger partial charge in [0.15, 0.2) is 5.17 Å². The van der Waals surface area contributed by atoms with Crippen molar-refractivity contribution in [3.8, 4) is 0 Å². The van der Waals surface area contributed by atoms with E-state index in [1.807, 2.05) is 11.8 Å². The maximum absolute atomic E-state index is 4.42. The second-order valence-corrected chi connectivity index (χ2v) is 5.10. The Kier molecular flexibility index (Phi) is 3.14. The molecule has 0 saturated heterocycles. The van der Waals surface area contributed by atoms with E-state index in [9.17, 15) is 0 Å². The van der Waals surface area contributed by atoms with Gasteiger partial charge in [0.1, 0.15) is 0 Å². The molecule has 0 aromatic heterocycles. The number of aliphatic imine (C=N–C) groups is 1. The van der Waals surface area contributed by atoms with Crippen molar-refractivity contribution in [2.24, 2.45) is 10.9 Å². The Morgan fingerprint density at radius 1 is 1.46 bits per heavy atom. The van der Waals surface area contributed by atoms with Crippen LogP contribution in [0.25, 0.3) is 0 Å². The third-order valence-electron chi connectivity index (χ3n) is 3.04. The largest absolute Gasteiger partial charge is 0.362 e. The Bertz CT molecular complexity index is 197. The maximum atomic E-state index is 4.42. The zero-order valence-corrected chi connectivity index (χ0v) is 9.07. The van der Waals surface area contributed by atoms with Gasteiger partial charge in [0.2, 0.25) is 0 Å². The van der Waals surface area contributed by atoms with Crippen LogP contribution in [0.1, 0.15) is 32.6 Å². The first-order valence-corrected chi connectivity index (χ1v) is 6.28. The van der Waals surface area contributed by atoms with Gasteiger partial charge in [-0.2, -0.15) is 0 Å². The van der Waals surface area contributed by atoms with E-state index >= 15 is 0 Å². The van der Waals surface area contributed by atoms with E-state index < -0.39 is 0 Å². The molecule has 0 aromatic rings. The molecule has 2 nitrogen and oxygen atoms in total. The SMILES string of the molecule is CC(NC1=NCCS1)C1CCCC1. The van der Waals surface area contributed by atoms with Crippen molar-refractivity contribution >= 4 is 16.9 Å². The summed E-state index contributed by atoms with van der Waals surface area (Å²) in [7, 11) is 0. The summed E-state index contributed by atoms with van der Waals surface area (Å²) in [6, 6.07) is 0.631. The Morgan fingerprint density at radius 3 is 2.85 bits per heavy atom. The van der Waals surface area contributed by atoms with Gasteiger partial charge < -0.3 is 5.32 Å². The number of hydrogen-bond acceptors (Lipinski definition) is 3. The lowest BCUT2D eigenvalue weighted by atomic mass is 10.0. The van der Waals surface area contributed by atoms with Gasteiger partial charge in [0, 0.05) is 11.8 Å². The summed E-state index contributed by atoms with van der Waals surface area (Å²) in [4.78, 5) is 4.42. The Morgan fingerprint density at radius 2 is 2.23 bits per heavy atom. The van der Waals surface area contributed by atoms with E-state index in [1.165, 1.54) is 36.6 Å². The second-order valence-electron chi connectivity index (χ2n) is 4.01. The molecule has 0 bridgehead atoms. The third-order valence-corrected chi connectivity index (χ3v) is 3.95. The number of amidine groups is 1. The van der Waals surface area contributed by atoms with E-state index in [0.717, 1.165) is 12.5 Å². The van der Waals surface area contributed by atoms with Gasteiger partial charge in [-0.05, 0) is 25.7 Å². The minimum atomic E-state index is 0.631. The van der Waals surface area contributed by atoms with E-state index in [-0.39, 0.29) is 0 Å². The normalized spacial score (nSPS) is 26.1. The van der Waals surface area contributed by atoms with Crippen LogP contribution >= 0.6 is 11.8 Å². The molecule has 0 radical (unpaired) electrons. The van der Waals surface area contributed by atoms with Gasteiger partial charge in [-0.15, -0.1) is 0 Å². The third kappa shape index (κ3) is 2.39. The van der Waals surface area contributed by atoms with Gasteiger partial charge in [-0.3, -0.25) is 4.99 Å². The fraction of sp³-hybridized carbons (Fsp3) is 0.900. The van der Waals surface area contributed by atoms with Crippen molar-refractivity contribution in [1.82, 2.24) is 5.32 Å². The van der Waals surface area contributed by atoms with Crippen LogP contribution in [0.2, 0.25) is 0 Å². The Balaban J connectivity index is 1.79. The summed E-state index contributed by atoms with van der Waals surface area (Å²) < 4.78 is 0. The summed E-state index contributed by atoms with van der Waals surface area (Å²) >= 11 is 1.87. The first-order chi connectivity index (χ1) is 6.36. The fourth-order valence-electron chi connectivity index (χ4n) is 2.19. The summed E-state index contributed by atoms with van der Waals surface area (Å²) in [6.45, 7) is 3.31. The van der Waals surface area contributed by atoms with Crippen LogP contribution in [0.5, 0.6) is 0 Å². The van der Waals surface area contributed by atoms with Crippen molar-refractivity contribution in [2.45, 2.75) is 38.6 Å². The first-order valence-electron chi connectivity index (χ1n) is 5.30. The Hall–Kier alpha value is -0.180. The predicted octanol–water partition coefficient (Wildman–Crippen LogP) is 2.26. The number of rotatable bonds is 2. The first kappa shape index (κ1) is 9.38. The van der Waals surface area contributed by atoms with Crippen molar-refractivity contribution in [3.63, 3.8) is 0 Å². The highest BCUT2D eigenvalue weighted by atomic mass is 32.2. The van der Waals surface area contributed by atoms with Crippen molar-refractivity contribution in [1.29, 1.82) is 0 Å². The standard InChI is InChI=1S/C10H18N2S/c1-8(9-4-2-3-5-9)12-10-11-6-7-13-10/h8-9H,2-7H2,1H3,(H,11,12). The molecule has 74 valence electrons. The summed E-state index contributed by atoms with van der Waals surface area (Å²) in [6.07, 6.45) is 5.67. The molecule has 1 unspecified atom stereocenters. The molecule has 3 heteroatoms. The second kappa shape index (κ2) is 4.36. The molecule has 0 spiro atoms. The molecule has 2 aliphatic rings. The van der Waals surface area contributed by atoms with E-state index in [0.29, 0.717) is 6.04 Å². The predicted molar refractivity (Wildman–Crippen MR) is 59.3 cm³/mol. The summed E-state index contributed by atoms with van der Waals surface area (Å²) in [5, 5.41) is 4.71. The average molecular weight is 198 g/mol. The number of hydrogen-bond donors (Lipinski definition) is 1. The highest BCUT2D eigenvalue weighted by Crippen LogP contribution is 2.28. The van der Waals surface area contributed by atoms with Gasteiger partial charge in [-0.1, -0.05) is 24.6 Å². The molecule has 1 saturated carbocycles. The van der Waals surface area contributed by atoms with Crippen molar-refractivity contribution in [3.05, 3.63) is 0 Å². The zero-order chi connectivity index (χ0) is 9.10. The highest BCUT2D eigenvalue weighted by Gasteiger charge is 2.22. The number of thioether (sulfide) groups is 1. The van der Waals surface area contributed by atoms with Gasteiger partial charge >= 0.3 is 0 Å². The summed E-state index contributed by atoms with van der Waals surface area (Å²) in [5.74, 6) is 2.06. The topological polar surface area (TPSA) is 24.4 Å². The summed E-state index contributed by atoms with van der Waals surface area (Å²) in [5.41, 5.74) is 0. The van der Waals surface area contributed by atoms with Crippen LogP contribution in [-0.2, 0) is 0 Å². The van der Waals surface area contributed by atoms with Crippen LogP contribution in [0, 0.1) is 5.92 Å². The van der Waals surface area contributed by atoms with Crippen LogP contribution in [-0.4, -0.2) is 23.5 Å². The zero-order valence-electron chi connectivity index (χ0n) is 8.25. The van der Waals surface area contributed by atoms with E-state index in [2.05, 4.69) is 17.2 Å². The molecule has 0 aromatic carbocycles. The molecular weight excluding hydrogens is 180 g/mol. The quantitative estimate of drug-likeness (QED) is 0.736. The minimum absolute atomic E-state index is 0.631. The van der Waals surface area contributed by atoms with Crippen LogP contribution in [0.4, 0.5) is 0 Å². The molecule has 13 heavy (non-hydrogen) atoms. The molecule has 1 atom stereocenters. The molecule has 1 fully saturated rings. The number of nitrogens with zero attached hydrogens (tertiary/aromatic N) is 1. The average Bonchev–Trinajstić information content (AvgIpc) is 2.74. The van der Waals surface area contributed by atoms with E-state index in [1.54, 1.807) is 0 Å². The lowest BCUT2D eigenvalue weighted by Gasteiger charge is -2.20. The molecule has 1 aliphatic carbocycles.